The molecule has 4 nitrogen and oxygen atoms in total. The zero-order valence-electron chi connectivity index (χ0n) is 12.0. The van der Waals surface area contributed by atoms with Gasteiger partial charge in [0.05, 0.1) is 0 Å². The van der Waals surface area contributed by atoms with E-state index in [1.807, 2.05) is 35.8 Å². The molecule has 0 saturated heterocycles. The Morgan fingerprint density at radius 2 is 1.95 bits per heavy atom. The summed E-state index contributed by atoms with van der Waals surface area (Å²) in [6, 6.07) is 9.57. The molecule has 4 heteroatoms. The molecule has 0 bridgehead atoms. The van der Waals surface area contributed by atoms with Crippen molar-refractivity contribution in [2.45, 2.75) is 20.3 Å². The van der Waals surface area contributed by atoms with Gasteiger partial charge in [-0.1, -0.05) is 19.1 Å². The van der Waals surface area contributed by atoms with E-state index in [1.165, 1.54) is 17.7 Å². The summed E-state index contributed by atoms with van der Waals surface area (Å²) in [5, 5.41) is 8.67. The van der Waals surface area contributed by atoms with E-state index in [-0.39, 0.29) is 5.43 Å². The predicted molar refractivity (Wildman–Crippen MR) is 82.8 cm³/mol. The minimum Gasteiger partial charge on any atom is -0.478 e. The maximum atomic E-state index is 11.9. The number of carboxylic acids is 1. The van der Waals surface area contributed by atoms with Gasteiger partial charge in [0.2, 0.25) is 0 Å². The SMILES string of the molecule is CCc1ccc(-n2cc(/C=C/C(=O)O)c(=O)cc2C)cc1. The van der Waals surface area contributed by atoms with Crippen LogP contribution in [0, 0.1) is 6.92 Å². The number of hydrogen-bond donors (Lipinski definition) is 1. The normalized spacial score (nSPS) is 11.0. The van der Waals surface area contributed by atoms with Gasteiger partial charge >= 0.3 is 5.97 Å². The summed E-state index contributed by atoms with van der Waals surface area (Å²) in [7, 11) is 0. The second-order valence-corrected chi connectivity index (χ2v) is 4.80. The van der Waals surface area contributed by atoms with Gasteiger partial charge in [-0.05, 0) is 37.1 Å². The van der Waals surface area contributed by atoms with Gasteiger partial charge in [-0.25, -0.2) is 4.79 Å². The van der Waals surface area contributed by atoms with E-state index in [4.69, 9.17) is 5.11 Å². The Balaban J connectivity index is 2.49. The number of rotatable bonds is 4. The molecule has 1 N–H and O–H groups in total. The Morgan fingerprint density at radius 3 is 2.52 bits per heavy atom. The van der Waals surface area contributed by atoms with E-state index in [2.05, 4.69) is 6.92 Å². The van der Waals surface area contributed by atoms with Crippen molar-refractivity contribution < 1.29 is 9.90 Å². The quantitative estimate of drug-likeness (QED) is 0.878. The van der Waals surface area contributed by atoms with Gasteiger partial charge in [0.1, 0.15) is 0 Å². The van der Waals surface area contributed by atoms with Crippen LogP contribution in [-0.2, 0) is 11.2 Å². The van der Waals surface area contributed by atoms with Crippen LogP contribution in [0.25, 0.3) is 11.8 Å². The number of aliphatic carboxylic acids is 1. The van der Waals surface area contributed by atoms with Gasteiger partial charge in [-0.15, -0.1) is 0 Å². The molecule has 0 aliphatic heterocycles. The monoisotopic (exact) mass is 283 g/mol. The first kappa shape index (κ1) is 14.8. The number of nitrogens with zero attached hydrogens (tertiary/aromatic N) is 1. The summed E-state index contributed by atoms with van der Waals surface area (Å²) in [4.78, 5) is 22.5. The fourth-order valence-corrected chi connectivity index (χ4v) is 2.10. The third-order valence-corrected chi connectivity index (χ3v) is 3.30. The van der Waals surface area contributed by atoms with Gasteiger partial charge < -0.3 is 9.67 Å². The van der Waals surface area contributed by atoms with Crippen molar-refractivity contribution in [2.75, 3.05) is 0 Å². The summed E-state index contributed by atoms with van der Waals surface area (Å²) in [5.74, 6) is -1.08. The molecule has 0 spiro atoms. The topological polar surface area (TPSA) is 59.3 Å². The van der Waals surface area contributed by atoms with Crippen LogP contribution in [0.5, 0.6) is 0 Å². The second kappa shape index (κ2) is 6.22. The predicted octanol–water partition coefficient (Wildman–Crippen LogP) is 2.81. The summed E-state index contributed by atoms with van der Waals surface area (Å²) < 4.78 is 1.88. The number of pyridine rings is 1. The fraction of sp³-hybridized carbons (Fsp3) is 0.176. The van der Waals surface area contributed by atoms with Crippen LogP contribution in [-0.4, -0.2) is 15.6 Å². The first-order valence-electron chi connectivity index (χ1n) is 6.75. The smallest absolute Gasteiger partial charge is 0.328 e. The zero-order chi connectivity index (χ0) is 15.4. The molecule has 0 radical (unpaired) electrons. The average molecular weight is 283 g/mol. The maximum Gasteiger partial charge on any atom is 0.328 e. The minimum absolute atomic E-state index is 0.188. The van der Waals surface area contributed by atoms with E-state index in [0.717, 1.165) is 23.9 Å². The van der Waals surface area contributed by atoms with Gasteiger partial charge in [0, 0.05) is 35.3 Å². The summed E-state index contributed by atoms with van der Waals surface area (Å²) in [5.41, 5.74) is 3.14. The van der Waals surface area contributed by atoms with Crippen LogP contribution in [0.4, 0.5) is 0 Å². The first-order chi connectivity index (χ1) is 10.0. The fourth-order valence-electron chi connectivity index (χ4n) is 2.10. The Bertz CT molecular complexity index is 740. The van der Waals surface area contributed by atoms with Crippen LogP contribution < -0.4 is 5.43 Å². The highest BCUT2D eigenvalue weighted by molar-refractivity contribution is 5.85. The van der Waals surface area contributed by atoms with Gasteiger partial charge in [-0.3, -0.25) is 4.79 Å². The highest BCUT2D eigenvalue weighted by Crippen LogP contribution is 2.13. The average Bonchev–Trinajstić information content (AvgIpc) is 2.46. The van der Waals surface area contributed by atoms with E-state index in [0.29, 0.717) is 5.56 Å². The molecule has 1 aromatic heterocycles. The van der Waals surface area contributed by atoms with Crippen molar-refractivity contribution in [1.29, 1.82) is 0 Å². The van der Waals surface area contributed by atoms with Crippen molar-refractivity contribution in [2.24, 2.45) is 0 Å². The summed E-state index contributed by atoms with van der Waals surface area (Å²) in [6.45, 7) is 3.94. The van der Waals surface area contributed by atoms with Gasteiger partial charge in [0.15, 0.2) is 5.43 Å². The molecule has 0 aliphatic carbocycles. The van der Waals surface area contributed by atoms with Gasteiger partial charge in [0.25, 0.3) is 0 Å². The number of carbonyl (C=O) groups is 1. The largest absolute Gasteiger partial charge is 0.478 e. The Labute approximate surface area is 123 Å². The molecule has 2 aromatic rings. The second-order valence-electron chi connectivity index (χ2n) is 4.80. The van der Waals surface area contributed by atoms with Crippen LogP contribution >= 0.6 is 0 Å². The molecule has 108 valence electrons. The zero-order valence-corrected chi connectivity index (χ0v) is 12.0. The number of benzene rings is 1. The lowest BCUT2D eigenvalue weighted by atomic mass is 10.1. The molecule has 21 heavy (non-hydrogen) atoms. The molecule has 1 aromatic carbocycles. The summed E-state index contributed by atoms with van der Waals surface area (Å²) in [6.07, 6.45) is 4.92. The Hall–Kier alpha value is -2.62. The highest BCUT2D eigenvalue weighted by atomic mass is 16.4. The lowest BCUT2D eigenvalue weighted by Crippen LogP contribution is -2.11. The molecule has 0 saturated carbocycles. The lowest BCUT2D eigenvalue weighted by Gasteiger charge is -2.12. The van der Waals surface area contributed by atoms with E-state index < -0.39 is 5.97 Å². The number of carboxylic acid groups (broad SMARTS) is 1. The molecule has 2 rings (SSSR count). The Morgan fingerprint density at radius 1 is 1.29 bits per heavy atom. The molecule has 0 unspecified atom stereocenters. The number of aryl methyl sites for hydroxylation is 2. The summed E-state index contributed by atoms with van der Waals surface area (Å²) >= 11 is 0. The molecule has 0 fully saturated rings. The molecular formula is C17H17NO3. The van der Waals surface area contributed by atoms with Crippen molar-refractivity contribution in [3.05, 3.63) is 69.6 Å². The third kappa shape index (κ3) is 3.48. The third-order valence-electron chi connectivity index (χ3n) is 3.30. The van der Waals surface area contributed by atoms with Crippen molar-refractivity contribution in [1.82, 2.24) is 4.57 Å². The lowest BCUT2D eigenvalue weighted by molar-refractivity contribution is -0.131. The molecule has 1 heterocycles. The van der Waals surface area contributed by atoms with Crippen LogP contribution in [0.15, 0.2) is 47.4 Å². The van der Waals surface area contributed by atoms with Crippen molar-refractivity contribution in [3.8, 4) is 5.69 Å². The standard InChI is InChI=1S/C17H17NO3/c1-3-13-4-7-15(8-5-13)18-11-14(6-9-17(20)21)16(19)10-12(18)2/h4-11H,3H2,1-2H3,(H,20,21)/b9-6+. The Kier molecular flexibility index (Phi) is 4.38. The van der Waals surface area contributed by atoms with Crippen LogP contribution in [0.2, 0.25) is 0 Å². The minimum atomic E-state index is -1.08. The molecule has 0 atom stereocenters. The molecule has 0 aliphatic rings. The number of hydrogen-bond acceptors (Lipinski definition) is 2. The highest BCUT2D eigenvalue weighted by Gasteiger charge is 2.04. The van der Waals surface area contributed by atoms with Crippen LogP contribution in [0.1, 0.15) is 23.7 Å². The van der Waals surface area contributed by atoms with E-state index in [1.54, 1.807) is 6.20 Å². The molecular weight excluding hydrogens is 266 g/mol. The number of aromatic nitrogens is 1. The van der Waals surface area contributed by atoms with E-state index >= 15 is 0 Å². The van der Waals surface area contributed by atoms with Crippen molar-refractivity contribution >= 4 is 12.0 Å². The van der Waals surface area contributed by atoms with Crippen LogP contribution in [0.3, 0.4) is 0 Å². The maximum absolute atomic E-state index is 11.9. The van der Waals surface area contributed by atoms with Crippen molar-refractivity contribution in [3.63, 3.8) is 0 Å². The molecule has 0 amide bonds. The van der Waals surface area contributed by atoms with Gasteiger partial charge in [-0.2, -0.15) is 0 Å². The van der Waals surface area contributed by atoms with E-state index in [9.17, 15) is 9.59 Å². The first-order valence-corrected chi connectivity index (χ1v) is 6.75.